The van der Waals surface area contributed by atoms with Crippen molar-refractivity contribution in [2.24, 2.45) is 0 Å². The van der Waals surface area contributed by atoms with Crippen LogP contribution < -0.4 is 16.4 Å². The van der Waals surface area contributed by atoms with Gasteiger partial charge in [0, 0.05) is 0 Å². The van der Waals surface area contributed by atoms with E-state index in [2.05, 4.69) is 20.8 Å². The van der Waals surface area contributed by atoms with Crippen molar-refractivity contribution >= 4 is 39.9 Å². The lowest BCUT2D eigenvalue weighted by Crippen LogP contribution is -2.43. The third-order valence-electron chi connectivity index (χ3n) is 2.95. The van der Waals surface area contributed by atoms with E-state index in [0.717, 1.165) is 22.2 Å². The van der Waals surface area contributed by atoms with Crippen LogP contribution >= 0.6 is 0 Å². The van der Waals surface area contributed by atoms with Gasteiger partial charge in [-0.25, -0.2) is 0 Å². The van der Waals surface area contributed by atoms with Gasteiger partial charge in [-0.05, 0) is 19.3 Å². The van der Waals surface area contributed by atoms with Crippen LogP contribution in [0.15, 0.2) is 0 Å². The second-order valence-corrected chi connectivity index (χ2v) is 5.12. The Bertz CT molecular complexity index is 371. The Morgan fingerprint density at radius 2 is 1.13 bits per heavy atom. The molecule has 0 aliphatic rings. The van der Waals surface area contributed by atoms with Gasteiger partial charge in [-0.1, -0.05) is 42.9 Å². The first kappa shape index (κ1) is 12.5. The standard InChI is InChI=1S/C12H15B3/c1-6-7(2)10(14)11(15)8(9(6)13)12(3,4)5/h1-5H3. The minimum absolute atomic E-state index is 0.0826. The maximum absolute atomic E-state index is 6.10. The summed E-state index contributed by atoms with van der Waals surface area (Å²) >= 11 is 0. The van der Waals surface area contributed by atoms with E-state index in [4.69, 9.17) is 23.5 Å². The lowest BCUT2D eigenvalue weighted by Gasteiger charge is -2.29. The highest BCUT2D eigenvalue weighted by molar-refractivity contribution is 6.52. The smallest absolute Gasteiger partial charge is 0.100 e. The summed E-state index contributed by atoms with van der Waals surface area (Å²) in [5.41, 5.74) is 4.95. The van der Waals surface area contributed by atoms with E-state index in [1.54, 1.807) is 0 Å². The topological polar surface area (TPSA) is 0 Å². The Morgan fingerprint density at radius 1 is 0.733 bits per heavy atom. The van der Waals surface area contributed by atoms with Crippen LogP contribution in [0, 0.1) is 13.8 Å². The first-order chi connectivity index (χ1) is 6.68. The van der Waals surface area contributed by atoms with Crippen LogP contribution in [-0.4, -0.2) is 23.5 Å². The van der Waals surface area contributed by atoms with E-state index in [9.17, 15) is 0 Å². The van der Waals surface area contributed by atoms with Gasteiger partial charge < -0.3 is 0 Å². The molecular weight excluding hydrogens is 177 g/mol. The van der Waals surface area contributed by atoms with Crippen molar-refractivity contribution < 1.29 is 0 Å². The lowest BCUT2D eigenvalue weighted by atomic mass is 9.63. The van der Waals surface area contributed by atoms with E-state index in [1.165, 1.54) is 0 Å². The predicted octanol–water partition coefficient (Wildman–Crippen LogP) is -0.0177. The molecule has 0 saturated carbocycles. The zero-order chi connectivity index (χ0) is 12.0. The Hall–Kier alpha value is -0.585. The van der Waals surface area contributed by atoms with Gasteiger partial charge in [0.05, 0.1) is 0 Å². The number of hydrogen-bond acceptors (Lipinski definition) is 0. The van der Waals surface area contributed by atoms with Gasteiger partial charge in [0.2, 0.25) is 0 Å². The molecule has 6 radical (unpaired) electrons. The summed E-state index contributed by atoms with van der Waals surface area (Å²) in [6.07, 6.45) is 0. The van der Waals surface area contributed by atoms with E-state index in [1.807, 2.05) is 13.8 Å². The quantitative estimate of drug-likeness (QED) is 0.506. The molecule has 0 amide bonds. The van der Waals surface area contributed by atoms with Gasteiger partial charge in [0.25, 0.3) is 0 Å². The molecular formula is C12H15B3. The van der Waals surface area contributed by atoms with E-state index < -0.39 is 0 Å². The van der Waals surface area contributed by atoms with E-state index in [0.29, 0.717) is 10.9 Å². The highest BCUT2D eigenvalue weighted by Gasteiger charge is 2.21. The molecule has 0 aliphatic carbocycles. The predicted molar refractivity (Wildman–Crippen MR) is 70.8 cm³/mol. The van der Waals surface area contributed by atoms with Crippen LogP contribution in [0.1, 0.15) is 37.5 Å². The van der Waals surface area contributed by atoms with Gasteiger partial charge in [0.15, 0.2) is 0 Å². The lowest BCUT2D eigenvalue weighted by molar-refractivity contribution is 0.598. The highest BCUT2D eigenvalue weighted by atomic mass is 14.2. The van der Waals surface area contributed by atoms with Crippen LogP contribution in [0.3, 0.4) is 0 Å². The third kappa shape index (κ3) is 2.02. The Balaban J connectivity index is 3.68. The zero-order valence-electron chi connectivity index (χ0n) is 10.2. The fourth-order valence-corrected chi connectivity index (χ4v) is 1.88. The average molecular weight is 192 g/mol. The van der Waals surface area contributed by atoms with Crippen molar-refractivity contribution in [3.63, 3.8) is 0 Å². The molecule has 0 fully saturated rings. The maximum atomic E-state index is 6.10. The summed E-state index contributed by atoms with van der Waals surface area (Å²) in [4.78, 5) is 0. The van der Waals surface area contributed by atoms with Crippen LogP contribution in [0.5, 0.6) is 0 Å². The fraction of sp³-hybridized carbons (Fsp3) is 0.500. The van der Waals surface area contributed by atoms with Gasteiger partial charge >= 0.3 is 0 Å². The molecule has 1 aromatic rings. The summed E-state index contributed by atoms with van der Waals surface area (Å²) in [6, 6.07) is 0. The molecule has 0 bridgehead atoms. The van der Waals surface area contributed by atoms with Crippen LogP contribution in [0.25, 0.3) is 0 Å². The van der Waals surface area contributed by atoms with E-state index >= 15 is 0 Å². The largest absolute Gasteiger partial charge is 0.114 e. The molecule has 0 nitrogen and oxygen atoms in total. The number of hydrogen-bond donors (Lipinski definition) is 0. The fourth-order valence-electron chi connectivity index (χ4n) is 1.88. The van der Waals surface area contributed by atoms with Crippen LogP contribution in [-0.2, 0) is 5.41 Å². The van der Waals surface area contributed by atoms with E-state index in [-0.39, 0.29) is 5.41 Å². The van der Waals surface area contributed by atoms with Crippen molar-refractivity contribution in [1.29, 1.82) is 0 Å². The van der Waals surface area contributed by atoms with Crippen molar-refractivity contribution in [2.45, 2.75) is 40.0 Å². The molecule has 0 saturated heterocycles. The third-order valence-corrected chi connectivity index (χ3v) is 2.95. The number of rotatable bonds is 0. The molecule has 0 spiro atoms. The minimum atomic E-state index is -0.0826. The summed E-state index contributed by atoms with van der Waals surface area (Å²) in [7, 11) is 18.1. The zero-order valence-corrected chi connectivity index (χ0v) is 10.2. The van der Waals surface area contributed by atoms with Gasteiger partial charge in [-0.2, -0.15) is 0 Å². The molecule has 0 aliphatic heterocycles. The monoisotopic (exact) mass is 192 g/mol. The average Bonchev–Trinajstić information content (AvgIpc) is 2.09. The van der Waals surface area contributed by atoms with Crippen molar-refractivity contribution in [3.8, 4) is 0 Å². The van der Waals surface area contributed by atoms with Crippen molar-refractivity contribution in [1.82, 2.24) is 0 Å². The molecule has 0 aromatic heterocycles. The molecule has 0 N–H and O–H groups in total. The summed E-state index contributed by atoms with van der Waals surface area (Å²) in [5.74, 6) is 0. The first-order valence-electron chi connectivity index (χ1n) is 5.12. The summed E-state index contributed by atoms with van der Waals surface area (Å²) < 4.78 is 0. The Morgan fingerprint density at radius 3 is 1.53 bits per heavy atom. The second kappa shape index (κ2) is 3.77. The maximum Gasteiger partial charge on any atom is 0.114 e. The Kier molecular flexibility index (Phi) is 3.14. The molecule has 1 aromatic carbocycles. The van der Waals surface area contributed by atoms with Crippen LogP contribution in [0.2, 0.25) is 0 Å². The van der Waals surface area contributed by atoms with Crippen LogP contribution in [0.4, 0.5) is 0 Å². The molecule has 0 unspecified atom stereocenters. The molecule has 72 valence electrons. The number of benzene rings is 1. The highest BCUT2D eigenvalue weighted by Crippen LogP contribution is 2.19. The summed E-state index contributed by atoms with van der Waals surface area (Å²) in [5, 5.41) is 0. The molecule has 0 atom stereocenters. The van der Waals surface area contributed by atoms with Gasteiger partial charge in [-0.15, -0.1) is 10.9 Å². The molecule has 1 rings (SSSR count). The van der Waals surface area contributed by atoms with Crippen molar-refractivity contribution in [3.05, 3.63) is 16.7 Å². The van der Waals surface area contributed by atoms with Gasteiger partial charge in [0.1, 0.15) is 23.5 Å². The van der Waals surface area contributed by atoms with Gasteiger partial charge in [-0.3, -0.25) is 0 Å². The molecule has 0 heterocycles. The normalized spacial score (nSPS) is 11.8. The van der Waals surface area contributed by atoms with Crippen molar-refractivity contribution in [2.75, 3.05) is 0 Å². The Labute approximate surface area is 97.1 Å². The second-order valence-electron chi connectivity index (χ2n) is 5.12. The summed E-state index contributed by atoms with van der Waals surface area (Å²) in [6.45, 7) is 10.2. The first-order valence-corrected chi connectivity index (χ1v) is 5.12. The SMILES string of the molecule is [B]c1c([B])c(C(C)(C)C)c([B])c(C)c1C. The minimum Gasteiger partial charge on any atom is -0.100 e. The molecule has 3 heteroatoms. The molecule has 15 heavy (non-hydrogen) atoms.